The highest BCUT2D eigenvalue weighted by molar-refractivity contribution is 5.09. The van der Waals surface area contributed by atoms with Crippen molar-refractivity contribution in [3.8, 4) is 0 Å². The van der Waals surface area contributed by atoms with E-state index in [0.29, 0.717) is 6.20 Å². The zero-order valence-corrected chi connectivity index (χ0v) is 10.8. The summed E-state index contributed by atoms with van der Waals surface area (Å²) in [6, 6.07) is 0. The van der Waals surface area contributed by atoms with Gasteiger partial charge in [0.15, 0.2) is 11.9 Å². The number of alkyl halides is 1. The zero-order chi connectivity index (χ0) is 15.3. The summed E-state index contributed by atoms with van der Waals surface area (Å²) in [5.74, 6) is -1.30. The van der Waals surface area contributed by atoms with Gasteiger partial charge in [-0.05, 0) is 13.8 Å². The van der Waals surface area contributed by atoms with Crippen LogP contribution in [0.2, 0.25) is 0 Å². The summed E-state index contributed by atoms with van der Waals surface area (Å²) in [6.45, 7) is 1.24. The maximum absolute atomic E-state index is 14.7. The van der Waals surface area contributed by atoms with Crippen molar-refractivity contribution in [3.63, 3.8) is 0 Å². The number of hydrogen-bond donors (Lipinski definition) is 3. The Morgan fingerprint density at radius 2 is 2.10 bits per heavy atom. The molecule has 7 nitrogen and oxygen atoms in total. The first-order chi connectivity index (χ1) is 9.14. The Kier molecular flexibility index (Phi) is 3.31. The van der Waals surface area contributed by atoms with E-state index in [1.165, 1.54) is 0 Å². The molecule has 1 saturated heterocycles. The number of ether oxygens (including phenoxy) is 1. The predicted octanol–water partition coefficient (Wildman–Crippen LogP) is -0.955. The van der Waals surface area contributed by atoms with Crippen molar-refractivity contribution in [2.45, 2.75) is 37.4 Å². The van der Waals surface area contributed by atoms with E-state index in [4.69, 9.17) is 9.84 Å². The van der Waals surface area contributed by atoms with Crippen LogP contribution in [0.5, 0.6) is 0 Å². The van der Waals surface area contributed by atoms with Crippen LogP contribution in [0.4, 0.5) is 8.78 Å². The predicted molar refractivity (Wildman–Crippen MR) is 62.4 cm³/mol. The van der Waals surface area contributed by atoms with Gasteiger partial charge < -0.3 is 19.9 Å². The molecule has 0 aliphatic carbocycles. The molecular weight excluding hydrogens is 278 g/mol. The summed E-state index contributed by atoms with van der Waals surface area (Å²) < 4.78 is 33.2. The summed E-state index contributed by atoms with van der Waals surface area (Å²) >= 11 is 0. The molecule has 2 heterocycles. The smallest absolute Gasteiger partial charge is 0.330 e. The van der Waals surface area contributed by atoms with E-state index in [1.54, 1.807) is 0 Å². The van der Waals surface area contributed by atoms with Crippen LogP contribution in [0.3, 0.4) is 0 Å². The first-order valence-corrected chi connectivity index (χ1v) is 5.82. The number of aliphatic hydroxyl groups is 2. The highest BCUT2D eigenvalue weighted by atomic mass is 19.1. The van der Waals surface area contributed by atoms with E-state index < -0.39 is 47.3 Å². The van der Waals surface area contributed by atoms with Gasteiger partial charge in [0.2, 0.25) is 5.82 Å². The number of aromatic amines is 1. The summed E-state index contributed by atoms with van der Waals surface area (Å²) in [5, 5.41) is 19.2. The first kappa shape index (κ1) is 14.8. The van der Waals surface area contributed by atoms with E-state index in [2.05, 4.69) is 0 Å². The third-order valence-electron chi connectivity index (χ3n) is 3.74. The Morgan fingerprint density at radius 3 is 2.60 bits per heavy atom. The maximum atomic E-state index is 14.7. The fraction of sp³-hybridized carbons (Fsp3) is 0.636. The minimum atomic E-state index is -2.59. The first-order valence-electron chi connectivity index (χ1n) is 5.82. The topological polar surface area (TPSA) is 105 Å². The minimum absolute atomic E-state index is 0.208. The zero-order valence-electron chi connectivity index (χ0n) is 10.8. The van der Waals surface area contributed by atoms with Gasteiger partial charge >= 0.3 is 5.69 Å². The Morgan fingerprint density at radius 1 is 1.50 bits per heavy atom. The lowest BCUT2D eigenvalue weighted by Gasteiger charge is -2.32. The van der Waals surface area contributed by atoms with Crippen molar-refractivity contribution in [3.05, 3.63) is 32.9 Å². The average molecular weight is 292 g/mol. The molecule has 1 aromatic heterocycles. The molecule has 4 atom stereocenters. The van der Waals surface area contributed by atoms with Crippen LogP contribution in [0, 0.1) is 5.82 Å². The van der Waals surface area contributed by atoms with Gasteiger partial charge in [-0.25, -0.2) is 13.8 Å². The van der Waals surface area contributed by atoms with E-state index in [9.17, 15) is 23.5 Å². The van der Waals surface area contributed by atoms with Crippen LogP contribution in [0.15, 0.2) is 15.8 Å². The third kappa shape index (κ3) is 1.81. The number of aliphatic hydroxyl groups excluding tert-OH is 1. The molecule has 0 aromatic carbocycles. The summed E-state index contributed by atoms with van der Waals surface area (Å²) in [6.07, 6.45) is -2.67. The van der Waals surface area contributed by atoms with Crippen LogP contribution in [-0.4, -0.2) is 43.7 Å². The van der Waals surface area contributed by atoms with Crippen LogP contribution >= 0.6 is 0 Å². The number of halogens is 2. The Bertz CT molecular complexity index is 636. The highest BCUT2D eigenvalue weighted by Gasteiger charge is 2.63. The van der Waals surface area contributed by atoms with E-state index in [0.717, 1.165) is 13.8 Å². The van der Waals surface area contributed by atoms with Gasteiger partial charge in [-0.1, -0.05) is 0 Å². The Labute approximate surface area is 111 Å². The van der Waals surface area contributed by atoms with Crippen molar-refractivity contribution in [2.75, 3.05) is 6.61 Å². The largest absolute Gasteiger partial charge is 0.394 e. The molecule has 3 N–H and O–H groups in total. The molecule has 9 heteroatoms. The number of rotatable bonds is 2. The number of nitrogens with zero attached hydrogens (tertiary/aromatic N) is 1. The van der Waals surface area contributed by atoms with Crippen molar-refractivity contribution in [2.24, 2.45) is 0 Å². The fourth-order valence-corrected chi connectivity index (χ4v) is 2.18. The number of aromatic nitrogens is 2. The lowest BCUT2D eigenvalue weighted by atomic mass is 9.85. The van der Waals surface area contributed by atoms with Crippen LogP contribution in [-0.2, 0) is 4.74 Å². The summed E-state index contributed by atoms with van der Waals surface area (Å²) in [4.78, 5) is 25.2. The van der Waals surface area contributed by atoms with Crippen LogP contribution in [0.1, 0.15) is 20.1 Å². The van der Waals surface area contributed by atoms with Gasteiger partial charge in [0.05, 0.1) is 6.61 Å². The molecule has 1 fully saturated rings. The van der Waals surface area contributed by atoms with E-state index in [1.807, 2.05) is 4.98 Å². The Balaban J connectivity index is 2.64. The second-order valence-corrected chi connectivity index (χ2v) is 5.00. The number of nitrogens with one attached hydrogen (secondary N) is 1. The van der Waals surface area contributed by atoms with Crippen LogP contribution < -0.4 is 11.2 Å². The maximum Gasteiger partial charge on any atom is 0.330 e. The quantitative estimate of drug-likeness (QED) is 0.651. The summed E-state index contributed by atoms with van der Waals surface area (Å²) in [7, 11) is 0. The number of H-pyrrole nitrogens is 1. The van der Waals surface area contributed by atoms with Gasteiger partial charge in [-0.15, -0.1) is 0 Å². The molecule has 1 aromatic rings. The molecule has 20 heavy (non-hydrogen) atoms. The van der Waals surface area contributed by atoms with Gasteiger partial charge in [0, 0.05) is 6.20 Å². The molecular formula is C11H14F2N2O5. The fourth-order valence-electron chi connectivity index (χ4n) is 2.18. The standard InChI is InChI=1S/C11H14F2N2O5/c1-10(13)8(20-6(4-16)11(10,2)19)15-7(17)5(12)3-14-9(15)18/h3,6,8,16,19H,4H2,1-2H3,(H,14,18)/t6-,8+,10+,11+/m1/s1. The van der Waals surface area contributed by atoms with Gasteiger partial charge in [-0.3, -0.25) is 4.79 Å². The molecule has 0 amide bonds. The third-order valence-corrected chi connectivity index (χ3v) is 3.74. The monoisotopic (exact) mass is 292 g/mol. The molecule has 0 bridgehead atoms. The average Bonchev–Trinajstić information content (AvgIpc) is 2.53. The highest BCUT2D eigenvalue weighted by Crippen LogP contribution is 2.46. The van der Waals surface area contributed by atoms with E-state index in [-0.39, 0.29) is 4.57 Å². The second kappa shape index (κ2) is 4.47. The lowest BCUT2D eigenvalue weighted by molar-refractivity contribution is -0.0892. The molecule has 0 unspecified atom stereocenters. The van der Waals surface area contributed by atoms with E-state index >= 15 is 0 Å². The molecule has 1 aliphatic heterocycles. The summed E-state index contributed by atoms with van der Waals surface area (Å²) in [5.41, 5.74) is -7.22. The van der Waals surface area contributed by atoms with Gasteiger partial charge in [-0.2, -0.15) is 4.39 Å². The van der Waals surface area contributed by atoms with Gasteiger partial charge in [0.1, 0.15) is 11.7 Å². The van der Waals surface area contributed by atoms with Gasteiger partial charge in [0.25, 0.3) is 5.56 Å². The van der Waals surface area contributed by atoms with Crippen molar-refractivity contribution < 1.29 is 23.7 Å². The molecule has 0 spiro atoms. The molecule has 112 valence electrons. The van der Waals surface area contributed by atoms with Crippen molar-refractivity contribution in [1.82, 2.24) is 9.55 Å². The molecule has 0 radical (unpaired) electrons. The number of hydrogen-bond acceptors (Lipinski definition) is 5. The minimum Gasteiger partial charge on any atom is -0.394 e. The Hall–Kier alpha value is -1.58. The second-order valence-electron chi connectivity index (χ2n) is 5.00. The SMILES string of the molecule is C[C@]1(O)[C@@H](CO)O[C@H](n2c(=O)[nH]cc(F)c2=O)[C@]1(C)F. The van der Waals surface area contributed by atoms with Crippen molar-refractivity contribution >= 4 is 0 Å². The van der Waals surface area contributed by atoms with Crippen molar-refractivity contribution in [1.29, 1.82) is 0 Å². The lowest BCUT2D eigenvalue weighted by Crippen LogP contribution is -2.54. The molecule has 1 aliphatic rings. The molecule has 2 rings (SSSR count). The normalized spacial score (nSPS) is 37.3. The molecule has 0 saturated carbocycles. The van der Waals surface area contributed by atoms with Crippen LogP contribution in [0.25, 0.3) is 0 Å².